The second-order valence-electron chi connectivity index (χ2n) is 10.8. The molecular formula is C26H36N2O4. The number of aromatic hydroxyl groups is 1. The number of ether oxygens (including phenoxy) is 2. The van der Waals surface area contributed by atoms with Crippen LogP contribution in [-0.4, -0.2) is 60.9 Å². The van der Waals surface area contributed by atoms with Crippen molar-refractivity contribution >= 4 is 5.91 Å². The molecule has 0 radical (unpaired) electrons. The van der Waals surface area contributed by atoms with Gasteiger partial charge in [-0.25, -0.2) is 0 Å². The van der Waals surface area contributed by atoms with Gasteiger partial charge < -0.3 is 19.9 Å². The standard InChI is InChI=1S/C26H36N2O4/c1-3-4-21(30)27-13-17-11-18-19-12-16-7-8-20(29)24-22(16)26(18,25(32-24)23(17)31-2)9-10-28(19)14-15-5-6-15/h7-8,15,17-19,23,25,29H,3-6,9-14H2,1-2H3,(H,27,30)/t17-,18?,19?,23?,25+,26?/m1/s1. The molecule has 6 rings (SSSR count). The van der Waals surface area contributed by atoms with E-state index >= 15 is 0 Å². The molecule has 5 aliphatic rings. The average molecular weight is 441 g/mol. The molecule has 6 atom stereocenters. The van der Waals surface area contributed by atoms with Crippen LogP contribution in [0.1, 0.15) is 56.6 Å². The normalized spacial score (nSPS) is 37.0. The van der Waals surface area contributed by atoms with Crippen LogP contribution in [0.2, 0.25) is 0 Å². The molecule has 4 unspecified atom stereocenters. The number of hydrogen-bond acceptors (Lipinski definition) is 5. The van der Waals surface area contributed by atoms with Gasteiger partial charge in [0.25, 0.3) is 0 Å². The Morgan fingerprint density at radius 1 is 1.38 bits per heavy atom. The number of nitrogens with zero attached hydrogens (tertiary/aromatic N) is 1. The number of phenols is 1. The van der Waals surface area contributed by atoms with Crippen molar-refractivity contribution in [2.24, 2.45) is 17.8 Å². The highest BCUT2D eigenvalue weighted by molar-refractivity contribution is 5.75. The Morgan fingerprint density at radius 2 is 2.22 bits per heavy atom. The molecule has 2 saturated carbocycles. The molecule has 3 fully saturated rings. The molecule has 32 heavy (non-hydrogen) atoms. The molecule has 2 bridgehead atoms. The summed E-state index contributed by atoms with van der Waals surface area (Å²) in [4.78, 5) is 15.0. The van der Waals surface area contributed by atoms with E-state index in [2.05, 4.69) is 16.3 Å². The molecule has 1 aromatic carbocycles. The van der Waals surface area contributed by atoms with E-state index in [-0.39, 0.29) is 35.2 Å². The van der Waals surface area contributed by atoms with E-state index in [9.17, 15) is 9.90 Å². The lowest BCUT2D eigenvalue weighted by Crippen LogP contribution is -2.69. The Morgan fingerprint density at radius 3 is 2.97 bits per heavy atom. The van der Waals surface area contributed by atoms with Crippen molar-refractivity contribution in [3.05, 3.63) is 23.3 Å². The first kappa shape index (κ1) is 20.8. The smallest absolute Gasteiger partial charge is 0.219 e. The lowest BCUT2D eigenvalue weighted by molar-refractivity contribution is -0.142. The molecule has 2 aliphatic heterocycles. The fourth-order valence-electron chi connectivity index (χ4n) is 7.59. The number of amides is 1. The summed E-state index contributed by atoms with van der Waals surface area (Å²) in [5.74, 6) is 2.63. The van der Waals surface area contributed by atoms with Crippen molar-refractivity contribution in [2.75, 3.05) is 26.7 Å². The number of methoxy groups -OCH3 is 1. The van der Waals surface area contributed by atoms with Crippen molar-refractivity contribution in [3.8, 4) is 11.5 Å². The van der Waals surface area contributed by atoms with E-state index in [0.717, 1.165) is 38.1 Å². The minimum absolute atomic E-state index is 0.0863. The van der Waals surface area contributed by atoms with Crippen LogP contribution in [0.25, 0.3) is 0 Å². The number of benzene rings is 1. The van der Waals surface area contributed by atoms with Crippen molar-refractivity contribution in [3.63, 3.8) is 0 Å². The van der Waals surface area contributed by atoms with Crippen LogP contribution in [0.4, 0.5) is 0 Å². The largest absolute Gasteiger partial charge is 0.504 e. The van der Waals surface area contributed by atoms with Crippen molar-refractivity contribution in [1.82, 2.24) is 10.2 Å². The predicted molar refractivity (Wildman–Crippen MR) is 121 cm³/mol. The first-order valence-electron chi connectivity index (χ1n) is 12.6. The maximum atomic E-state index is 12.2. The SMILES string of the molecule is CCCC(=O)NC[C@H]1CC2C3Cc4ccc(O)c5c4C2(CCN3CC2CC2)[C@@H](O5)C1OC. The number of carbonyl (C=O) groups excluding carboxylic acids is 1. The van der Waals surface area contributed by atoms with Crippen LogP contribution in [0.15, 0.2) is 12.1 Å². The van der Waals surface area contributed by atoms with Crippen LogP contribution in [0, 0.1) is 17.8 Å². The first-order chi connectivity index (χ1) is 15.6. The quantitative estimate of drug-likeness (QED) is 0.682. The van der Waals surface area contributed by atoms with E-state index in [4.69, 9.17) is 9.47 Å². The monoisotopic (exact) mass is 440 g/mol. The van der Waals surface area contributed by atoms with E-state index < -0.39 is 0 Å². The highest BCUT2D eigenvalue weighted by Crippen LogP contribution is 2.65. The number of rotatable bonds is 7. The summed E-state index contributed by atoms with van der Waals surface area (Å²) >= 11 is 0. The third-order valence-corrected chi connectivity index (χ3v) is 9.10. The van der Waals surface area contributed by atoms with E-state index in [1.54, 1.807) is 7.11 Å². The van der Waals surface area contributed by atoms with Gasteiger partial charge in [0.2, 0.25) is 5.91 Å². The highest BCUT2D eigenvalue weighted by Gasteiger charge is 2.67. The molecule has 6 nitrogen and oxygen atoms in total. The zero-order chi connectivity index (χ0) is 22.0. The van der Waals surface area contributed by atoms with E-state index in [0.29, 0.717) is 30.7 Å². The van der Waals surface area contributed by atoms with Crippen LogP contribution in [0.5, 0.6) is 11.5 Å². The van der Waals surface area contributed by atoms with Gasteiger partial charge in [0.05, 0.1) is 6.10 Å². The molecular weight excluding hydrogens is 404 g/mol. The third kappa shape index (κ3) is 2.95. The second-order valence-corrected chi connectivity index (χ2v) is 10.8. The van der Waals surface area contributed by atoms with Gasteiger partial charge in [-0.05, 0) is 68.5 Å². The third-order valence-electron chi connectivity index (χ3n) is 9.10. The van der Waals surface area contributed by atoms with E-state index in [1.807, 2.05) is 13.0 Å². The summed E-state index contributed by atoms with van der Waals surface area (Å²) < 4.78 is 12.7. The lowest BCUT2D eigenvalue weighted by Gasteiger charge is -2.61. The van der Waals surface area contributed by atoms with Gasteiger partial charge in [-0.1, -0.05) is 13.0 Å². The minimum atomic E-state index is -0.104. The van der Waals surface area contributed by atoms with Gasteiger partial charge in [0.15, 0.2) is 11.5 Å². The number of phenolic OH excluding ortho intramolecular Hbond substituents is 1. The van der Waals surface area contributed by atoms with Crippen LogP contribution >= 0.6 is 0 Å². The molecule has 0 aromatic heterocycles. The number of piperidine rings is 1. The molecule has 6 heteroatoms. The first-order valence-corrected chi connectivity index (χ1v) is 12.6. The number of nitrogens with one attached hydrogen (secondary N) is 1. The summed E-state index contributed by atoms with van der Waals surface area (Å²) in [6, 6.07) is 4.45. The van der Waals surface area contributed by atoms with Gasteiger partial charge >= 0.3 is 0 Å². The molecule has 174 valence electrons. The topological polar surface area (TPSA) is 71.0 Å². The van der Waals surface area contributed by atoms with Gasteiger partial charge in [-0.15, -0.1) is 0 Å². The average Bonchev–Trinajstić information content (AvgIpc) is 3.53. The Labute approximate surface area is 190 Å². The zero-order valence-electron chi connectivity index (χ0n) is 19.3. The van der Waals surface area contributed by atoms with Crippen molar-refractivity contribution < 1.29 is 19.4 Å². The Kier molecular flexibility index (Phi) is 4.95. The van der Waals surface area contributed by atoms with Crippen LogP contribution < -0.4 is 10.1 Å². The maximum absolute atomic E-state index is 12.2. The number of hydrogen-bond donors (Lipinski definition) is 2. The molecule has 2 N–H and O–H groups in total. The van der Waals surface area contributed by atoms with Gasteiger partial charge in [0.1, 0.15) is 6.10 Å². The number of likely N-dealkylation sites (tertiary alicyclic amines) is 1. The summed E-state index contributed by atoms with van der Waals surface area (Å²) in [5.41, 5.74) is 2.54. The van der Waals surface area contributed by atoms with Gasteiger partial charge in [-0.2, -0.15) is 0 Å². The predicted octanol–water partition coefficient (Wildman–Crippen LogP) is 3.00. The van der Waals surface area contributed by atoms with Gasteiger partial charge in [0, 0.05) is 49.6 Å². The zero-order valence-corrected chi connectivity index (χ0v) is 19.3. The molecule has 1 saturated heterocycles. The van der Waals surface area contributed by atoms with Crippen LogP contribution in [-0.2, 0) is 21.4 Å². The molecule has 3 aliphatic carbocycles. The molecule has 1 aromatic rings. The minimum Gasteiger partial charge on any atom is -0.504 e. The Bertz CT molecular complexity index is 915. The summed E-state index contributed by atoms with van der Waals surface area (Å²) in [5, 5.41) is 13.9. The fraction of sp³-hybridized carbons (Fsp3) is 0.731. The lowest BCUT2D eigenvalue weighted by atomic mass is 9.49. The van der Waals surface area contributed by atoms with Crippen molar-refractivity contribution in [1.29, 1.82) is 0 Å². The maximum Gasteiger partial charge on any atom is 0.219 e. The molecule has 1 amide bonds. The van der Waals surface area contributed by atoms with Crippen molar-refractivity contribution in [2.45, 2.75) is 75.5 Å². The molecule has 1 spiro atoms. The fourth-order valence-corrected chi connectivity index (χ4v) is 7.59. The molecule has 2 heterocycles. The number of carbonyl (C=O) groups is 1. The van der Waals surface area contributed by atoms with Gasteiger partial charge in [-0.3, -0.25) is 9.69 Å². The van der Waals surface area contributed by atoms with Crippen LogP contribution in [0.3, 0.4) is 0 Å². The highest BCUT2D eigenvalue weighted by atomic mass is 16.5. The summed E-state index contributed by atoms with van der Waals surface area (Å²) in [7, 11) is 1.78. The summed E-state index contributed by atoms with van der Waals surface area (Å²) in [6.07, 6.45) is 7.09. The Balaban J connectivity index is 1.38. The van der Waals surface area contributed by atoms with E-state index in [1.165, 1.54) is 30.5 Å². The second kappa shape index (κ2) is 7.63. The summed E-state index contributed by atoms with van der Waals surface area (Å²) in [6.45, 7) is 4.98. The Hall–Kier alpha value is -1.79.